The SMILES string of the molecule is COc1cccc2c1OCC(C(=O)NC1CCC(Oc3cccnc3C)CC1)C2. The van der Waals surface area contributed by atoms with E-state index in [1.54, 1.807) is 13.3 Å². The van der Waals surface area contributed by atoms with Gasteiger partial charge in [-0.05, 0) is 62.8 Å². The maximum Gasteiger partial charge on any atom is 0.227 e. The molecule has 1 aromatic heterocycles. The molecule has 1 aliphatic carbocycles. The van der Waals surface area contributed by atoms with E-state index in [1.165, 1.54) is 0 Å². The first-order chi connectivity index (χ1) is 14.1. The Morgan fingerprint density at radius 2 is 1.93 bits per heavy atom. The lowest BCUT2D eigenvalue weighted by atomic mass is 9.91. The smallest absolute Gasteiger partial charge is 0.227 e. The van der Waals surface area contributed by atoms with Gasteiger partial charge in [-0.1, -0.05) is 12.1 Å². The molecule has 1 aliphatic heterocycles. The summed E-state index contributed by atoms with van der Waals surface area (Å²) in [6, 6.07) is 9.88. The Hall–Kier alpha value is -2.76. The third-order valence-corrected chi connectivity index (χ3v) is 5.82. The lowest BCUT2D eigenvalue weighted by molar-refractivity contribution is -0.127. The molecule has 6 nitrogen and oxygen atoms in total. The molecule has 0 saturated heterocycles. The molecule has 1 aromatic carbocycles. The van der Waals surface area contributed by atoms with E-state index in [2.05, 4.69) is 10.3 Å². The molecular formula is C23H28N2O4. The van der Waals surface area contributed by atoms with E-state index in [0.29, 0.717) is 13.0 Å². The molecule has 0 bridgehead atoms. The van der Waals surface area contributed by atoms with Crippen molar-refractivity contribution in [2.24, 2.45) is 5.92 Å². The number of para-hydroxylation sites is 1. The Bertz CT molecular complexity index is 862. The number of nitrogens with one attached hydrogen (secondary N) is 1. The Morgan fingerprint density at radius 1 is 1.14 bits per heavy atom. The number of benzene rings is 1. The van der Waals surface area contributed by atoms with Crippen LogP contribution in [0.15, 0.2) is 36.5 Å². The van der Waals surface area contributed by atoms with Gasteiger partial charge in [0, 0.05) is 12.2 Å². The van der Waals surface area contributed by atoms with Crippen LogP contribution >= 0.6 is 0 Å². The summed E-state index contributed by atoms with van der Waals surface area (Å²) in [5.74, 6) is 2.26. The molecule has 4 rings (SSSR count). The summed E-state index contributed by atoms with van der Waals surface area (Å²) in [5, 5.41) is 3.23. The second-order valence-electron chi connectivity index (χ2n) is 7.85. The number of nitrogens with zero attached hydrogens (tertiary/aromatic N) is 1. The summed E-state index contributed by atoms with van der Waals surface area (Å²) in [6.07, 6.45) is 6.35. The summed E-state index contributed by atoms with van der Waals surface area (Å²) in [6.45, 7) is 2.35. The molecule has 1 N–H and O–H groups in total. The number of pyridine rings is 1. The van der Waals surface area contributed by atoms with E-state index < -0.39 is 0 Å². The van der Waals surface area contributed by atoms with Crippen LogP contribution < -0.4 is 19.5 Å². The number of methoxy groups -OCH3 is 1. The Morgan fingerprint density at radius 3 is 2.69 bits per heavy atom. The molecule has 6 heteroatoms. The standard InChI is InChI=1S/C23H28N2O4/c1-15-20(7-4-12-24-15)29-19-10-8-18(9-11-19)25-23(26)17-13-16-5-3-6-21(27-2)22(16)28-14-17/h3-7,12,17-19H,8-11,13-14H2,1-2H3,(H,25,26). The van der Waals surface area contributed by atoms with Crippen LogP contribution in [0.1, 0.15) is 36.9 Å². The van der Waals surface area contributed by atoms with Crippen molar-refractivity contribution in [2.75, 3.05) is 13.7 Å². The van der Waals surface area contributed by atoms with E-state index >= 15 is 0 Å². The van der Waals surface area contributed by atoms with Gasteiger partial charge in [0.05, 0.1) is 24.8 Å². The third-order valence-electron chi connectivity index (χ3n) is 5.82. The summed E-state index contributed by atoms with van der Waals surface area (Å²) < 4.78 is 17.3. The average Bonchev–Trinajstić information content (AvgIpc) is 2.75. The molecule has 1 fully saturated rings. The molecule has 1 saturated carbocycles. The van der Waals surface area contributed by atoms with Crippen LogP contribution in [0.2, 0.25) is 0 Å². The minimum atomic E-state index is -0.165. The molecule has 29 heavy (non-hydrogen) atoms. The van der Waals surface area contributed by atoms with Crippen molar-refractivity contribution in [2.45, 2.75) is 51.2 Å². The lowest BCUT2D eigenvalue weighted by Gasteiger charge is -2.32. The van der Waals surface area contributed by atoms with Gasteiger partial charge in [-0.3, -0.25) is 9.78 Å². The molecule has 1 atom stereocenters. The second kappa shape index (κ2) is 8.72. The topological polar surface area (TPSA) is 69.7 Å². The van der Waals surface area contributed by atoms with Crippen LogP contribution in [0.4, 0.5) is 0 Å². The van der Waals surface area contributed by atoms with Gasteiger partial charge in [0.1, 0.15) is 12.4 Å². The number of fused-ring (bicyclic) bond motifs is 1. The van der Waals surface area contributed by atoms with Crippen LogP contribution in [-0.4, -0.2) is 36.8 Å². The first-order valence-electron chi connectivity index (χ1n) is 10.3. The minimum Gasteiger partial charge on any atom is -0.493 e. The largest absolute Gasteiger partial charge is 0.493 e. The quantitative estimate of drug-likeness (QED) is 0.838. The van der Waals surface area contributed by atoms with Gasteiger partial charge in [0.15, 0.2) is 11.5 Å². The molecule has 1 unspecified atom stereocenters. The third kappa shape index (κ3) is 4.47. The summed E-state index contributed by atoms with van der Waals surface area (Å²) in [5.41, 5.74) is 1.94. The van der Waals surface area contributed by atoms with E-state index in [9.17, 15) is 4.79 Å². The maximum atomic E-state index is 12.8. The fraction of sp³-hybridized carbons (Fsp3) is 0.478. The molecule has 2 aliphatic rings. The average molecular weight is 396 g/mol. The number of rotatable bonds is 5. The number of carbonyl (C=O) groups excluding carboxylic acids is 1. The Balaban J connectivity index is 1.27. The lowest BCUT2D eigenvalue weighted by Crippen LogP contribution is -2.45. The highest BCUT2D eigenvalue weighted by Gasteiger charge is 2.30. The highest BCUT2D eigenvalue weighted by atomic mass is 16.5. The van der Waals surface area contributed by atoms with Crippen LogP contribution in [0.25, 0.3) is 0 Å². The zero-order valence-corrected chi connectivity index (χ0v) is 17.0. The highest BCUT2D eigenvalue weighted by Crippen LogP contribution is 2.36. The van der Waals surface area contributed by atoms with E-state index in [1.807, 2.05) is 37.3 Å². The highest BCUT2D eigenvalue weighted by molar-refractivity contribution is 5.80. The van der Waals surface area contributed by atoms with Crippen molar-refractivity contribution in [3.05, 3.63) is 47.8 Å². The van der Waals surface area contributed by atoms with Gasteiger partial charge in [0.25, 0.3) is 0 Å². The van der Waals surface area contributed by atoms with Crippen LogP contribution in [-0.2, 0) is 11.2 Å². The van der Waals surface area contributed by atoms with Gasteiger partial charge < -0.3 is 19.5 Å². The Kier molecular flexibility index (Phi) is 5.88. The van der Waals surface area contributed by atoms with E-state index in [4.69, 9.17) is 14.2 Å². The molecule has 1 amide bonds. The number of carbonyl (C=O) groups is 1. The van der Waals surface area contributed by atoms with Crippen LogP contribution in [0, 0.1) is 12.8 Å². The number of aromatic nitrogens is 1. The summed E-state index contributed by atoms with van der Waals surface area (Å²) in [4.78, 5) is 17.1. The first kappa shape index (κ1) is 19.6. The summed E-state index contributed by atoms with van der Waals surface area (Å²) in [7, 11) is 1.63. The molecular weight excluding hydrogens is 368 g/mol. The molecule has 0 radical (unpaired) electrons. The Labute approximate surface area is 171 Å². The summed E-state index contributed by atoms with van der Waals surface area (Å²) >= 11 is 0. The van der Waals surface area contributed by atoms with Crippen molar-refractivity contribution in [1.82, 2.24) is 10.3 Å². The predicted molar refractivity (Wildman–Crippen MR) is 109 cm³/mol. The molecule has 2 heterocycles. The van der Waals surface area contributed by atoms with Crippen molar-refractivity contribution in [3.63, 3.8) is 0 Å². The molecule has 0 spiro atoms. The van der Waals surface area contributed by atoms with Crippen molar-refractivity contribution in [3.8, 4) is 17.2 Å². The number of ether oxygens (including phenoxy) is 3. The van der Waals surface area contributed by atoms with Crippen molar-refractivity contribution in [1.29, 1.82) is 0 Å². The van der Waals surface area contributed by atoms with Crippen LogP contribution in [0.5, 0.6) is 17.2 Å². The van der Waals surface area contributed by atoms with Gasteiger partial charge in [-0.15, -0.1) is 0 Å². The monoisotopic (exact) mass is 396 g/mol. The molecule has 2 aromatic rings. The van der Waals surface area contributed by atoms with Gasteiger partial charge >= 0.3 is 0 Å². The zero-order valence-electron chi connectivity index (χ0n) is 17.0. The fourth-order valence-electron chi connectivity index (χ4n) is 4.14. The van der Waals surface area contributed by atoms with Crippen molar-refractivity contribution >= 4 is 5.91 Å². The fourth-order valence-corrected chi connectivity index (χ4v) is 4.14. The first-order valence-corrected chi connectivity index (χ1v) is 10.3. The van der Waals surface area contributed by atoms with E-state index in [-0.39, 0.29) is 24.0 Å². The minimum absolute atomic E-state index is 0.0749. The van der Waals surface area contributed by atoms with Gasteiger partial charge in [-0.2, -0.15) is 0 Å². The second-order valence-corrected chi connectivity index (χ2v) is 7.85. The van der Waals surface area contributed by atoms with Crippen LogP contribution in [0.3, 0.4) is 0 Å². The predicted octanol–water partition coefficient (Wildman–Crippen LogP) is 3.46. The number of hydrogen-bond donors (Lipinski definition) is 1. The van der Waals surface area contributed by atoms with Gasteiger partial charge in [-0.25, -0.2) is 0 Å². The zero-order chi connectivity index (χ0) is 20.2. The molecule has 154 valence electrons. The number of amides is 1. The van der Waals surface area contributed by atoms with E-state index in [0.717, 1.165) is 54.2 Å². The van der Waals surface area contributed by atoms with Crippen molar-refractivity contribution < 1.29 is 19.0 Å². The number of aryl methyl sites for hydroxylation is 1. The number of hydrogen-bond acceptors (Lipinski definition) is 5. The normalized spacial score (nSPS) is 23.4. The maximum absolute atomic E-state index is 12.8. The van der Waals surface area contributed by atoms with Gasteiger partial charge in [0.2, 0.25) is 5.91 Å².